The summed E-state index contributed by atoms with van der Waals surface area (Å²) in [6.45, 7) is 4.03. The van der Waals surface area contributed by atoms with Crippen molar-refractivity contribution in [2.45, 2.75) is 69.8 Å². The summed E-state index contributed by atoms with van der Waals surface area (Å²) < 4.78 is 26.4. The first-order chi connectivity index (χ1) is 16.5. The van der Waals surface area contributed by atoms with Crippen LogP contribution in [0, 0.1) is 0 Å². The molecular formula is C24H34N4O6S. The van der Waals surface area contributed by atoms with Crippen molar-refractivity contribution < 1.29 is 23.4 Å². The number of pyridine rings is 1. The Morgan fingerprint density at radius 3 is 2.40 bits per heavy atom. The van der Waals surface area contributed by atoms with Crippen LogP contribution in [0.5, 0.6) is 5.75 Å². The molecule has 2 aromatic rings. The number of aromatic nitrogens is 1. The van der Waals surface area contributed by atoms with E-state index in [0.29, 0.717) is 30.3 Å². The summed E-state index contributed by atoms with van der Waals surface area (Å²) in [6, 6.07) is 6.92. The molecule has 4 atom stereocenters. The topological polar surface area (TPSA) is 141 Å². The van der Waals surface area contributed by atoms with E-state index in [-0.39, 0.29) is 42.0 Å². The molecule has 0 saturated carbocycles. The number of benzene rings is 1. The quantitative estimate of drug-likeness (QED) is 0.417. The molecule has 2 aliphatic rings. The van der Waals surface area contributed by atoms with Gasteiger partial charge in [0.15, 0.2) is 0 Å². The number of fused-ring (bicyclic) bond motifs is 3. The first kappa shape index (κ1) is 25.6. The first-order valence-electron chi connectivity index (χ1n) is 12.0. The molecule has 2 fully saturated rings. The maximum Gasteiger partial charge on any atom is 0.267 e. The molecule has 3 heterocycles. The van der Waals surface area contributed by atoms with Crippen molar-refractivity contribution in [3.63, 3.8) is 0 Å². The molecule has 11 heteroatoms. The van der Waals surface area contributed by atoms with Crippen LogP contribution in [0.15, 0.2) is 29.1 Å². The molecule has 2 saturated heterocycles. The van der Waals surface area contributed by atoms with E-state index in [1.165, 1.54) is 4.57 Å². The van der Waals surface area contributed by atoms with Gasteiger partial charge in [-0.25, -0.2) is 13.1 Å². The lowest BCUT2D eigenvalue weighted by Gasteiger charge is -2.40. The van der Waals surface area contributed by atoms with Crippen LogP contribution >= 0.6 is 0 Å². The smallest absolute Gasteiger partial charge is 0.267 e. The Labute approximate surface area is 205 Å². The molecule has 1 unspecified atom stereocenters. The van der Waals surface area contributed by atoms with Crippen molar-refractivity contribution in [2.24, 2.45) is 0 Å². The molecule has 10 nitrogen and oxygen atoms in total. The fraction of sp³-hybridized carbons (Fsp3) is 0.583. The van der Waals surface area contributed by atoms with Crippen LogP contribution in [-0.4, -0.2) is 77.6 Å². The average molecular weight is 507 g/mol. The van der Waals surface area contributed by atoms with Crippen molar-refractivity contribution in [2.75, 3.05) is 19.3 Å². The number of rotatable bonds is 8. The molecule has 4 N–H and O–H groups in total. The van der Waals surface area contributed by atoms with Crippen molar-refractivity contribution in [1.29, 1.82) is 0 Å². The molecule has 4 rings (SSSR count). The molecule has 0 radical (unpaired) electrons. The van der Waals surface area contributed by atoms with E-state index in [1.807, 2.05) is 13.8 Å². The number of para-hydroxylation sites is 1. The summed E-state index contributed by atoms with van der Waals surface area (Å²) >= 11 is 0. The van der Waals surface area contributed by atoms with Crippen LogP contribution in [0.4, 0.5) is 0 Å². The second-order valence-electron chi connectivity index (χ2n) is 10.0. The molecular weight excluding hydrogens is 472 g/mol. The third-order valence-corrected chi connectivity index (χ3v) is 7.74. The molecule has 1 aromatic carbocycles. The summed E-state index contributed by atoms with van der Waals surface area (Å²) in [5, 5.41) is 24.6. The zero-order valence-corrected chi connectivity index (χ0v) is 21.1. The Balaban J connectivity index is 1.48. The molecule has 2 bridgehead atoms. The standard InChI is InChI=1S/C24H34N4O6S/c1-14(2)28-20-7-5-4-6-19(20)22(30)21(24(28)32)23(31)26-15-10-16-8-9-17(11-15)27(16)13-18(29)12-25-35(3,33)34/h4-7,14-18,25,29-30H,8-13H2,1-3H3,(H,26,31)/t15?,16-,17+,18-/m0/s1. The van der Waals surface area contributed by atoms with Crippen molar-refractivity contribution >= 4 is 26.8 Å². The third-order valence-electron chi connectivity index (χ3n) is 7.05. The molecule has 35 heavy (non-hydrogen) atoms. The van der Waals surface area contributed by atoms with Crippen LogP contribution in [0.3, 0.4) is 0 Å². The minimum atomic E-state index is -3.37. The van der Waals surface area contributed by atoms with E-state index in [9.17, 15) is 28.2 Å². The van der Waals surface area contributed by atoms with Crippen molar-refractivity contribution in [3.8, 4) is 5.75 Å². The summed E-state index contributed by atoms with van der Waals surface area (Å²) in [7, 11) is -3.37. The Bertz CT molecular complexity index is 1260. The summed E-state index contributed by atoms with van der Waals surface area (Å²) in [5.74, 6) is -0.884. The Morgan fingerprint density at radius 2 is 1.80 bits per heavy atom. The SMILES string of the molecule is CC(C)n1c(=O)c(C(=O)NC2C[C@H]3CC[C@@H](C2)N3C[C@@H](O)CNS(C)(=O)=O)c(O)c2ccccc21. The number of piperidine rings is 1. The van der Waals surface area contributed by atoms with Crippen LogP contribution in [-0.2, 0) is 10.0 Å². The number of aromatic hydroxyl groups is 1. The maximum atomic E-state index is 13.2. The van der Waals surface area contributed by atoms with E-state index in [4.69, 9.17) is 0 Å². The van der Waals surface area contributed by atoms with E-state index in [2.05, 4.69) is 14.9 Å². The lowest BCUT2D eigenvalue weighted by atomic mass is 9.96. The number of sulfonamides is 1. The monoisotopic (exact) mass is 506 g/mol. The highest BCUT2D eigenvalue weighted by atomic mass is 32.2. The lowest BCUT2D eigenvalue weighted by molar-refractivity contribution is 0.0523. The molecule has 1 aromatic heterocycles. The number of nitrogens with one attached hydrogen (secondary N) is 2. The van der Waals surface area contributed by atoms with Gasteiger partial charge in [-0.1, -0.05) is 12.1 Å². The van der Waals surface area contributed by atoms with Gasteiger partial charge in [0, 0.05) is 42.6 Å². The Hall–Kier alpha value is -2.47. The van der Waals surface area contributed by atoms with Gasteiger partial charge in [-0.3, -0.25) is 14.5 Å². The predicted octanol–water partition coefficient (Wildman–Crippen LogP) is 0.923. The first-order valence-corrected chi connectivity index (χ1v) is 13.9. The number of hydrogen-bond acceptors (Lipinski definition) is 7. The summed E-state index contributed by atoms with van der Waals surface area (Å²) in [6.07, 6.45) is 3.38. The zero-order valence-electron chi connectivity index (χ0n) is 20.3. The van der Waals surface area contributed by atoms with Gasteiger partial charge >= 0.3 is 0 Å². The number of hydrogen-bond donors (Lipinski definition) is 4. The van der Waals surface area contributed by atoms with Crippen molar-refractivity contribution in [3.05, 3.63) is 40.2 Å². The largest absolute Gasteiger partial charge is 0.506 e. The summed E-state index contributed by atoms with van der Waals surface area (Å²) in [5.41, 5.74) is -0.179. The number of amides is 1. The highest BCUT2D eigenvalue weighted by Gasteiger charge is 2.42. The van der Waals surface area contributed by atoms with Gasteiger partial charge in [0.1, 0.15) is 11.3 Å². The Morgan fingerprint density at radius 1 is 1.17 bits per heavy atom. The normalized spacial score (nSPS) is 23.6. The van der Waals surface area contributed by atoms with Crippen LogP contribution < -0.4 is 15.6 Å². The van der Waals surface area contributed by atoms with Crippen LogP contribution in [0.2, 0.25) is 0 Å². The number of nitrogens with zero attached hydrogens (tertiary/aromatic N) is 2. The fourth-order valence-electron chi connectivity index (χ4n) is 5.57. The molecule has 0 spiro atoms. The van der Waals surface area contributed by atoms with Gasteiger partial charge in [-0.05, 0) is 51.7 Å². The van der Waals surface area contributed by atoms with Gasteiger partial charge < -0.3 is 20.1 Å². The minimum Gasteiger partial charge on any atom is -0.506 e. The molecule has 1 amide bonds. The van der Waals surface area contributed by atoms with Crippen LogP contribution in [0.1, 0.15) is 55.9 Å². The van der Waals surface area contributed by atoms with E-state index in [1.54, 1.807) is 24.3 Å². The highest BCUT2D eigenvalue weighted by molar-refractivity contribution is 7.88. The summed E-state index contributed by atoms with van der Waals surface area (Å²) in [4.78, 5) is 28.7. The second-order valence-corrected chi connectivity index (χ2v) is 11.8. The predicted molar refractivity (Wildman–Crippen MR) is 133 cm³/mol. The molecule has 192 valence electrons. The number of carbonyl (C=O) groups is 1. The number of aliphatic hydroxyl groups is 1. The highest BCUT2D eigenvalue weighted by Crippen LogP contribution is 2.36. The van der Waals surface area contributed by atoms with Crippen LogP contribution in [0.25, 0.3) is 10.9 Å². The van der Waals surface area contributed by atoms with E-state index < -0.39 is 27.6 Å². The van der Waals surface area contributed by atoms with Gasteiger partial charge in [0.25, 0.3) is 11.5 Å². The van der Waals surface area contributed by atoms with Gasteiger partial charge in [0.05, 0.1) is 17.9 Å². The van der Waals surface area contributed by atoms with Gasteiger partial charge in [-0.2, -0.15) is 0 Å². The zero-order chi connectivity index (χ0) is 25.5. The Kier molecular flexibility index (Phi) is 7.23. The molecule has 0 aliphatic carbocycles. The lowest BCUT2D eigenvalue weighted by Crippen LogP contribution is -2.53. The number of carbonyl (C=O) groups excluding carboxylic acids is 1. The van der Waals surface area contributed by atoms with E-state index in [0.717, 1.165) is 19.1 Å². The van der Waals surface area contributed by atoms with E-state index >= 15 is 0 Å². The molecule has 2 aliphatic heterocycles. The minimum absolute atomic E-state index is 0.0433. The maximum absolute atomic E-state index is 13.2. The van der Waals surface area contributed by atoms with Crippen molar-refractivity contribution in [1.82, 2.24) is 19.5 Å². The van der Waals surface area contributed by atoms with Gasteiger partial charge in [0.2, 0.25) is 10.0 Å². The number of aliphatic hydroxyl groups excluding tert-OH is 1. The third kappa shape index (κ3) is 5.37. The van der Waals surface area contributed by atoms with Gasteiger partial charge in [-0.15, -0.1) is 0 Å². The second kappa shape index (κ2) is 9.88. The average Bonchev–Trinajstić information content (AvgIpc) is 2.99. The fourth-order valence-corrected chi connectivity index (χ4v) is 6.07.